The second-order valence-electron chi connectivity index (χ2n) is 9.62. The minimum atomic E-state index is -0.438. The summed E-state index contributed by atoms with van der Waals surface area (Å²) in [4.78, 5) is 26.4. The summed E-state index contributed by atoms with van der Waals surface area (Å²) in [5.41, 5.74) is 3.13. The number of carbonyl (C=O) groups is 1. The van der Waals surface area contributed by atoms with E-state index in [1.54, 1.807) is 26.5 Å². The fourth-order valence-corrected chi connectivity index (χ4v) is 3.67. The first-order chi connectivity index (χ1) is 18.2. The number of anilines is 4. The zero-order valence-electron chi connectivity index (χ0n) is 22.2. The average Bonchev–Trinajstić information content (AvgIpc) is 3.32. The van der Waals surface area contributed by atoms with Crippen molar-refractivity contribution in [2.75, 3.05) is 24.9 Å². The highest BCUT2D eigenvalue weighted by atomic mass is 16.5. The van der Waals surface area contributed by atoms with Gasteiger partial charge in [-0.05, 0) is 42.0 Å². The van der Waals surface area contributed by atoms with E-state index in [1.807, 2.05) is 60.8 Å². The van der Waals surface area contributed by atoms with Crippen LogP contribution in [0.3, 0.4) is 0 Å². The van der Waals surface area contributed by atoms with E-state index in [4.69, 9.17) is 14.0 Å². The summed E-state index contributed by atoms with van der Waals surface area (Å²) in [6, 6.07) is 11.1. The summed E-state index contributed by atoms with van der Waals surface area (Å²) < 4.78 is 16.1. The normalized spacial score (nSPS) is 11.1. The van der Waals surface area contributed by atoms with Crippen LogP contribution in [0.1, 0.15) is 21.8 Å². The van der Waals surface area contributed by atoms with Gasteiger partial charge >= 0.3 is 0 Å². The molecular weight excluding hydrogens is 483 g/mol. The third kappa shape index (κ3) is 6.51. The molecule has 192 valence electrons. The monoisotopic (exact) mass is 511 g/mol. The van der Waals surface area contributed by atoms with Gasteiger partial charge in [-0.1, -0.05) is 11.2 Å². The topological polar surface area (TPSA) is 136 Å². The van der Waals surface area contributed by atoms with Crippen LogP contribution in [0.4, 0.5) is 23.0 Å². The molecule has 1 aromatic carbocycles. The molecule has 0 fully saturated rings. The van der Waals surface area contributed by atoms with Crippen molar-refractivity contribution in [2.45, 2.75) is 18.8 Å². The van der Waals surface area contributed by atoms with Crippen LogP contribution in [0, 0.1) is 6.92 Å². The summed E-state index contributed by atoms with van der Waals surface area (Å²) in [5.74, 6) is 2.05. The predicted molar refractivity (Wildman–Crippen MR) is 153 cm³/mol. The fourth-order valence-electron chi connectivity index (χ4n) is 3.67. The van der Waals surface area contributed by atoms with E-state index >= 15 is 0 Å². The maximum absolute atomic E-state index is 13.2. The lowest BCUT2D eigenvalue weighted by Crippen LogP contribution is -2.50. The Morgan fingerprint density at radius 3 is 2.55 bits per heavy atom. The molecule has 3 N–H and O–H groups in total. The summed E-state index contributed by atoms with van der Waals surface area (Å²) in [6.07, 6.45) is 3.24. The second kappa shape index (κ2) is 11.4. The van der Waals surface area contributed by atoms with E-state index in [0.29, 0.717) is 51.6 Å². The lowest BCUT2D eigenvalue weighted by molar-refractivity contribution is 0.0953. The maximum Gasteiger partial charge on any atom is 0.253 e. The molecule has 0 atom stereocenters. The first-order valence-corrected chi connectivity index (χ1v) is 11.9. The molecule has 4 aromatic rings. The van der Waals surface area contributed by atoms with Gasteiger partial charge in [0.2, 0.25) is 5.82 Å². The molecule has 0 aliphatic heterocycles. The molecule has 11 nitrogen and oxygen atoms in total. The SMILES string of the molecule is BC(B)(B)NC(=O)c1cnc(Nc2cc(C)ccn2)cc1Nc1cccc(-c2noc(COC)n2)c1OC. The highest BCUT2D eigenvalue weighted by Crippen LogP contribution is 2.37. The van der Waals surface area contributed by atoms with Gasteiger partial charge in [-0.2, -0.15) is 4.98 Å². The molecule has 0 aliphatic carbocycles. The van der Waals surface area contributed by atoms with E-state index in [0.717, 1.165) is 5.56 Å². The first kappa shape index (κ1) is 26.7. The molecule has 0 radical (unpaired) electrons. The summed E-state index contributed by atoms with van der Waals surface area (Å²) in [5, 5.41) is 13.1. The molecule has 14 heteroatoms. The number of ether oxygens (including phenoxy) is 2. The zero-order valence-corrected chi connectivity index (χ0v) is 22.2. The smallest absolute Gasteiger partial charge is 0.253 e. The van der Waals surface area contributed by atoms with Crippen molar-refractivity contribution in [2.24, 2.45) is 0 Å². The number of rotatable bonds is 10. The Morgan fingerprint density at radius 2 is 1.84 bits per heavy atom. The van der Waals surface area contributed by atoms with Crippen LogP contribution in [-0.4, -0.2) is 69.0 Å². The van der Waals surface area contributed by atoms with E-state index < -0.39 is 5.24 Å². The Bertz CT molecular complexity index is 1440. The number of hydrogen-bond acceptors (Lipinski definition) is 10. The second-order valence-corrected chi connectivity index (χ2v) is 9.62. The minimum Gasteiger partial charge on any atom is -0.494 e. The third-order valence-electron chi connectivity index (χ3n) is 5.27. The molecule has 0 unspecified atom stereocenters. The number of nitrogens with one attached hydrogen (secondary N) is 3. The van der Waals surface area contributed by atoms with E-state index in [1.165, 1.54) is 6.20 Å². The lowest BCUT2D eigenvalue weighted by Gasteiger charge is -2.22. The summed E-state index contributed by atoms with van der Waals surface area (Å²) >= 11 is 0. The molecule has 38 heavy (non-hydrogen) atoms. The Balaban J connectivity index is 1.74. The Labute approximate surface area is 223 Å². The molecule has 0 spiro atoms. The number of aromatic nitrogens is 4. The number of nitrogens with zero attached hydrogens (tertiary/aromatic N) is 4. The number of benzene rings is 1. The number of amides is 1. The summed E-state index contributed by atoms with van der Waals surface area (Å²) in [7, 11) is 8.85. The molecule has 0 aliphatic rings. The summed E-state index contributed by atoms with van der Waals surface area (Å²) in [6.45, 7) is 2.18. The van der Waals surface area contributed by atoms with Crippen LogP contribution >= 0.6 is 0 Å². The van der Waals surface area contributed by atoms with E-state index in [2.05, 4.69) is 36.1 Å². The van der Waals surface area contributed by atoms with Crippen LogP contribution in [-0.2, 0) is 11.3 Å². The average molecular weight is 511 g/mol. The molecule has 0 saturated carbocycles. The van der Waals surface area contributed by atoms with Crippen molar-refractivity contribution in [3.05, 3.63) is 65.8 Å². The van der Waals surface area contributed by atoms with Gasteiger partial charge in [-0.3, -0.25) is 4.79 Å². The Kier molecular flexibility index (Phi) is 8.01. The van der Waals surface area contributed by atoms with Crippen LogP contribution < -0.4 is 20.7 Å². The van der Waals surface area contributed by atoms with Crippen molar-refractivity contribution in [1.82, 2.24) is 25.4 Å². The van der Waals surface area contributed by atoms with Gasteiger partial charge in [0.1, 0.15) is 41.8 Å². The van der Waals surface area contributed by atoms with Gasteiger partial charge in [0.05, 0.1) is 29.6 Å². The van der Waals surface area contributed by atoms with Crippen LogP contribution in [0.2, 0.25) is 0 Å². The highest BCUT2D eigenvalue weighted by molar-refractivity contribution is 6.60. The Hall–Kier alpha value is -4.32. The predicted octanol–water partition coefficient (Wildman–Crippen LogP) is 0.718. The maximum atomic E-state index is 13.2. The van der Waals surface area contributed by atoms with Crippen molar-refractivity contribution in [3.63, 3.8) is 0 Å². The van der Waals surface area contributed by atoms with Gasteiger partial charge in [0.25, 0.3) is 11.8 Å². The number of methoxy groups -OCH3 is 2. The number of aryl methyl sites for hydroxylation is 1. The first-order valence-electron chi connectivity index (χ1n) is 11.9. The van der Waals surface area contributed by atoms with Crippen LogP contribution in [0.15, 0.2) is 53.3 Å². The Morgan fingerprint density at radius 1 is 1.05 bits per heavy atom. The van der Waals surface area contributed by atoms with Crippen LogP contribution in [0.25, 0.3) is 11.4 Å². The molecule has 0 bridgehead atoms. The van der Waals surface area contributed by atoms with Gasteiger partial charge in [-0.15, -0.1) is 0 Å². The zero-order chi connectivity index (χ0) is 27.3. The number of pyridine rings is 2. The van der Waals surface area contributed by atoms with Crippen molar-refractivity contribution in [1.29, 1.82) is 0 Å². The number of carbonyl (C=O) groups excluding carboxylic acids is 1. The van der Waals surface area contributed by atoms with E-state index in [-0.39, 0.29) is 12.5 Å². The molecule has 3 aromatic heterocycles. The van der Waals surface area contributed by atoms with Gasteiger partial charge in [-0.25, -0.2) is 9.97 Å². The highest BCUT2D eigenvalue weighted by Gasteiger charge is 2.22. The third-order valence-corrected chi connectivity index (χ3v) is 5.27. The van der Waals surface area contributed by atoms with Crippen LogP contribution in [0.5, 0.6) is 5.75 Å². The van der Waals surface area contributed by atoms with Gasteiger partial charge in [0, 0.05) is 25.6 Å². The largest absolute Gasteiger partial charge is 0.494 e. The fraction of sp³-hybridized carbons (Fsp3) is 0.208. The molecule has 4 rings (SSSR count). The van der Waals surface area contributed by atoms with Crippen molar-refractivity contribution in [3.8, 4) is 17.1 Å². The van der Waals surface area contributed by atoms with Crippen molar-refractivity contribution >= 4 is 52.5 Å². The van der Waals surface area contributed by atoms with Gasteiger partial charge < -0.3 is 29.9 Å². The quantitative estimate of drug-likeness (QED) is 0.262. The van der Waals surface area contributed by atoms with Crippen molar-refractivity contribution < 1.29 is 18.8 Å². The standard InChI is InChI=1S/C24H28B3N7O4/c1-13-7-8-28-18(9-13)31-19-10-17(15(11-29-19)23(35)33-24(25,26)27)30-16-6-4-5-14(21(16)37-3)22-32-20(12-36-2)38-34-22/h4-11H,12,25-27H2,1-3H3,(H,33,35)(H2,28,29,30,31). The van der Waals surface area contributed by atoms with Gasteiger partial charge in [0.15, 0.2) is 5.75 Å². The number of para-hydroxylation sites is 1. The molecular formula is C24H28B3N7O4. The molecule has 1 amide bonds. The molecule has 0 saturated heterocycles. The minimum absolute atomic E-state index is 0.197. The lowest BCUT2D eigenvalue weighted by atomic mass is 9.49. The molecule has 3 heterocycles. The van der Waals surface area contributed by atoms with E-state index in [9.17, 15) is 4.79 Å². The number of hydrogen-bond donors (Lipinski definition) is 3.